The van der Waals surface area contributed by atoms with E-state index in [1.165, 1.54) is 6.07 Å². The third kappa shape index (κ3) is 1.94. The minimum absolute atomic E-state index is 0.106. The fourth-order valence-electron chi connectivity index (χ4n) is 3.64. The van der Waals surface area contributed by atoms with Crippen molar-refractivity contribution in [2.75, 3.05) is 0 Å². The summed E-state index contributed by atoms with van der Waals surface area (Å²) in [5.41, 5.74) is 5.62. The second-order valence-corrected chi connectivity index (χ2v) is 6.37. The standard InChI is InChI=1S/C14H14BrF2NO/c15-8-3-4-9(16)11(12(8)17)14(19)10-6-1-2-7(5-6)13(10)18/h3-4,6-7,10,13H,1-2,5,18H2. The van der Waals surface area contributed by atoms with Crippen LogP contribution in [0.2, 0.25) is 0 Å². The summed E-state index contributed by atoms with van der Waals surface area (Å²) in [4.78, 5) is 12.5. The number of halogens is 3. The Kier molecular flexibility index (Phi) is 3.21. The first kappa shape index (κ1) is 13.2. The van der Waals surface area contributed by atoms with E-state index in [4.69, 9.17) is 5.73 Å². The highest BCUT2D eigenvalue weighted by Crippen LogP contribution is 2.49. The van der Waals surface area contributed by atoms with Crippen LogP contribution in [0.4, 0.5) is 8.78 Å². The van der Waals surface area contributed by atoms with E-state index in [1.54, 1.807) is 0 Å². The molecule has 0 aromatic heterocycles. The molecule has 3 rings (SSSR count). The van der Waals surface area contributed by atoms with Crippen molar-refractivity contribution in [3.05, 3.63) is 33.8 Å². The van der Waals surface area contributed by atoms with Gasteiger partial charge in [0.2, 0.25) is 0 Å². The molecular weight excluding hydrogens is 316 g/mol. The number of Topliss-reactive ketones (excluding diaryl/α,β-unsaturated/α-hetero) is 1. The molecular formula is C14H14BrF2NO. The van der Waals surface area contributed by atoms with E-state index in [-0.39, 0.29) is 16.4 Å². The molecule has 1 aromatic carbocycles. The molecule has 2 bridgehead atoms. The quantitative estimate of drug-likeness (QED) is 0.668. The third-order valence-corrected chi connectivity index (χ3v) is 5.19. The highest BCUT2D eigenvalue weighted by molar-refractivity contribution is 9.10. The van der Waals surface area contributed by atoms with Crippen molar-refractivity contribution in [2.24, 2.45) is 23.5 Å². The molecule has 2 fully saturated rings. The largest absolute Gasteiger partial charge is 0.327 e. The molecule has 19 heavy (non-hydrogen) atoms. The van der Waals surface area contributed by atoms with Crippen molar-refractivity contribution < 1.29 is 13.6 Å². The highest BCUT2D eigenvalue weighted by Gasteiger charge is 2.49. The number of carbonyl (C=O) groups is 1. The molecule has 0 amide bonds. The van der Waals surface area contributed by atoms with Crippen molar-refractivity contribution in [1.29, 1.82) is 0 Å². The normalized spacial score (nSPS) is 32.8. The van der Waals surface area contributed by atoms with Crippen LogP contribution in [0.3, 0.4) is 0 Å². The summed E-state index contributed by atoms with van der Waals surface area (Å²) in [6, 6.07) is 2.12. The minimum atomic E-state index is -0.819. The number of benzene rings is 1. The molecule has 102 valence electrons. The molecule has 5 heteroatoms. The lowest BCUT2D eigenvalue weighted by Gasteiger charge is -2.27. The molecule has 0 aliphatic heterocycles. The molecule has 0 spiro atoms. The van der Waals surface area contributed by atoms with Gasteiger partial charge >= 0.3 is 0 Å². The van der Waals surface area contributed by atoms with Crippen LogP contribution in [0.15, 0.2) is 16.6 Å². The van der Waals surface area contributed by atoms with Crippen LogP contribution in [0.25, 0.3) is 0 Å². The van der Waals surface area contributed by atoms with Crippen LogP contribution in [0.1, 0.15) is 29.6 Å². The van der Waals surface area contributed by atoms with Crippen molar-refractivity contribution >= 4 is 21.7 Å². The van der Waals surface area contributed by atoms with E-state index in [2.05, 4.69) is 15.9 Å². The van der Waals surface area contributed by atoms with Gasteiger partial charge in [0.25, 0.3) is 0 Å². The summed E-state index contributed by atoms with van der Waals surface area (Å²) in [5.74, 6) is -2.02. The lowest BCUT2D eigenvalue weighted by molar-refractivity contribution is 0.0847. The number of nitrogens with two attached hydrogens (primary N) is 1. The van der Waals surface area contributed by atoms with Gasteiger partial charge in [-0.15, -0.1) is 0 Å². The maximum Gasteiger partial charge on any atom is 0.173 e. The topological polar surface area (TPSA) is 43.1 Å². The van der Waals surface area contributed by atoms with E-state index < -0.39 is 28.9 Å². The second-order valence-electron chi connectivity index (χ2n) is 5.52. The predicted molar refractivity (Wildman–Crippen MR) is 70.7 cm³/mol. The fourth-order valence-corrected chi connectivity index (χ4v) is 3.97. The van der Waals surface area contributed by atoms with Gasteiger partial charge in [0.15, 0.2) is 11.6 Å². The SMILES string of the molecule is NC1C2CCC(C2)C1C(=O)c1c(F)ccc(Br)c1F. The Morgan fingerprint density at radius 2 is 1.95 bits per heavy atom. The zero-order valence-corrected chi connectivity index (χ0v) is 11.8. The Morgan fingerprint density at radius 1 is 1.26 bits per heavy atom. The molecule has 4 unspecified atom stereocenters. The zero-order chi connectivity index (χ0) is 13.7. The van der Waals surface area contributed by atoms with Crippen LogP contribution in [-0.4, -0.2) is 11.8 Å². The Hall–Kier alpha value is -0.810. The number of ketones is 1. The summed E-state index contributed by atoms with van der Waals surface area (Å²) < 4.78 is 27.9. The smallest absolute Gasteiger partial charge is 0.173 e. The Balaban J connectivity index is 1.99. The van der Waals surface area contributed by atoms with Gasteiger partial charge in [0.1, 0.15) is 5.82 Å². The minimum Gasteiger partial charge on any atom is -0.327 e. The van der Waals surface area contributed by atoms with E-state index in [0.717, 1.165) is 25.3 Å². The molecule has 2 aliphatic carbocycles. The molecule has 0 heterocycles. The first-order valence-corrected chi connectivity index (χ1v) is 7.23. The summed E-state index contributed by atoms with van der Waals surface area (Å²) >= 11 is 2.99. The molecule has 0 radical (unpaired) electrons. The Morgan fingerprint density at radius 3 is 2.58 bits per heavy atom. The molecule has 2 saturated carbocycles. The van der Waals surface area contributed by atoms with Crippen LogP contribution < -0.4 is 5.73 Å². The number of rotatable bonds is 2. The second kappa shape index (κ2) is 4.63. The van der Waals surface area contributed by atoms with E-state index in [0.29, 0.717) is 5.92 Å². The van der Waals surface area contributed by atoms with Crippen molar-refractivity contribution in [2.45, 2.75) is 25.3 Å². The van der Waals surface area contributed by atoms with Gasteiger partial charge in [0, 0.05) is 12.0 Å². The van der Waals surface area contributed by atoms with Crippen LogP contribution in [0.5, 0.6) is 0 Å². The number of hydrogen-bond acceptors (Lipinski definition) is 2. The van der Waals surface area contributed by atoms with Gasteiger partial charge in [-0.3, -0.25) is 4.79 Å². The van der Waals surface area contributed by atoms with Gasteiger partial charge in [-0.1, -0.05) is 0 Å². The monoisotopic (exact) mass is 329 g/mol. The molecule has 0 saturated heterocycles. The first-order chi connectivity index (χ1) is 9.00. The zero-order valence-electron chi connectivity index (χ0n) is 10.2. The van der Waals surface area contributed by atoms with Gasteiger partial charge in [-0.25, -0.2) is 8.78 Å². The molecule has 1 aromatic rings. The molecule has 4 atom stereocenters. The average molecular weight is 330 g/mol. The van der Waals surface area contributed by atoms with Crippen LogP contribution in [0, 0.1) is 29.4 Å². The predicted octanol–water partition coefficient (Wildman–Crippen LogP) is 3.28. The lowest BCUT2D eigenvalue weighted by Crippen LogP contribution is -2.40. The lowest BCUT2D eigenvalue weighted by atomic mass is 9.80. The molecule has 2 aliphatic rings. The summed E-state index contributed by atoms with van der Waals surface area (Å²) in [6.45, 7) is 0. The van der Waals surface area contributed by atoms with Crippen LogP contribution >= 0.6 is 15.9 Å². The van der Waals surface area contributed by atoms with Crippen LogP contribution in [-0.2, 0) is 0 Å². The Bertz CT molecular complexity index is 546. The fraction of sp³-hybridized carbons (Fsp3) is 0.500. The van der Waals surface area contributed by atoms with E-state index in [1.807, 2.05) is 0 Å². The van der Waals surface area contributed by atoms with Crippen molar-refractivity contribution in [3.63, 3.8) is 0 Å². The third-order valence-electron chi connectivity index (χ3n) is 4.57. The summed E-state index contributed by atoms with van der Waals surface area (Å²) in [5, 5.41) is 0. The van der Waals surface area contributed by atoms with Gasteiger partial charge in [-0.05, 0) is 59.2 Å². The number of fused-ring (bicyclic) bond motifs is 2. The van der Waals surface area contributed by atoms with E-state index in [9.17, 15) is 13.6 Å². The summed E-state index contributed by atoms with van der Waals surface area (Å²) in [7, 11) is 0. The maximum absolute atomic E-state index is 14.0. The average Bonchev–Trinajstić information content (AvgIpc) is 2.94. The van der Waals surface area contributed by atoms with Crippen molar-refractivity contribution in [3.8, 4) is 0 Å². The summed E-state index contributed by atoms with van der Waals surface area (Å²) in [6.07, 6.45) is 2.87. The van der Waals surface area contributed by atoms with E-state index >= 15 is 0 Å². The first-order valence-electron chi connectivity index (χ1n) is 6.44. The highest BCUT2D eigenvalue weighted by atomic mass is 79.9. The maximum atomic E-state index is 14.0. The Labute approximate surface area is 118 Å². The van der Waals surface area contributed by atoms with Gasteiger partial charge in [-0.2, -0.15) is 0 Å². The van der Waals surface area contributed by atoms with Gasteiger partial charge < -0.3 is 5.73 Å². The van der Waals surface area contributed by atoms with Crippen molar-refractivity contribution in [1.82, 2.24) is 0 Å². The number of carbonyl (C=O) groups excluding carboxylic acids is 1. The molecule has 2 nitrogen and oxygen atoms in total. The molecule has 2 N–H and O–H groups in total. The number of hydrogen-bond donors (Lipinski definition) is 1. The van der Waals surface area contributed by atoms with Gasteiger partial charge in [0.05, 0.1) is 10.0 Å².